The number of carbonyl (C=O) groups is 3. The fourth-order valence-electron chi connectivity index (χ4n) is 2.96. The summed E-state index contributed by atoms with van der Waals surface area (Å²) in [6.07, 6.45) is 0.894. The maximum atomic E-state index is 13.2. The Kier molecular flexibility index (Phi) is 4.71. The molecule has 3 rings (SSSR count). The predicted octanol–water partition coefficient (Wildman–Crippen LogP) is 1.04. The van der Waals surface area contributed by atoms with E-state index in [2.05, 4.69) is 5.32 Å². The molecule has 0 aromatic heterocycles. The molecular weight excluding hydrogens is 337 g/mol. The second kappa shape index (κ2) is 6.76. The third-order valence-electron chi connectivity index (χ3n) is 4.34. The summed E-state index contributed by atoms with van der Waals surface area (Å²) in [7, 11) is 0. The summed E-state index contributed by atoms with van der Waals surface area (Å²) < 4.78 is 13.2. The lowest BCUT2D eigenvalue weighted by atomic mass is 10.1. The van der Waals surface area contributed by atoms with Gasteiger partial charge in [0.25, 0.3) is 5.91 Å². The molecule has 2 aliphatic heterocycles. The van der Waals surface area contributed by atoms with E-state index in [1.807, 2.05) is 0 Å². The van der Waals surface area contributed by atoms with Gasteiger partial charge in [0.2, 0.25) is 11.8 Å². The first kappa shape index (κ1) is 16.7. The molecule has 0 bridgehead atoms. The Bertz CT molecular complexity index is 689. The first-order valence-corrected chi connectivity index (χ1v) is 8.16. The molecule has 2 saturated heterocycles. The first-order chi connectivity index (χ1) is 11.5. The van der Waals surface area contributed by atoms with Crippen molar-refractivity contribution in [3.8, 4) is 0 Å². The summed E-state index contributed by atoms with van der Waals surface area (Å²) in [6.45, 7) is 1.60. The molecular formula is C16H17ClFN3O3. The van der Waals surface area contributed by atoms with Gasteiger partial charge in [-0.05, 0) is 24.6 Å². The van der Waals surface area contributed by atoms with Gasteiger partial charge in [0.1, 0.15) is 11.9 Å². The topological polar surface area (TPSA) is 69.7 Å². The van der Waals surface area contributed by atoms with E-state index in [9.17, 15) is 18.8 Å². The SMILES string of the molecule is O=C1CCC(C(=O)N2CCN(C(=O)c3ccc(F)c(Cl)c3)CC2)N1. The van der Waals surface area contributed by atoms with Crippen LogP contribution in [0.15, 0.2) is 18.2 Å². The van der Waals surface area contributed by atoms with E-state index in [1.54, 1.807) is 9.80 Å². The third-order valence-corrected chi connectivity index (χ3v) is 4.63. The number of hydrogen-bond acceptors (Lipinski definition) is 3. The van der Waals surface area contributed by atoms with Crippen LogP contribution in [-0.2, 0) is 9.59 Å². The Balaban J connectivity index is 1.58. The Labute approximate surface area is 143 Å². The minimum atomic E-state index is -0.567. The molecule has 2 aliphatic rings. The van der Waals surface area contributed by atoms with Crippen LogP contribution in [0.2, 0.25) is 5.02 Å². The van der Waals surface area contributed by atoms with Crippen LogP contribution in [0.5, 0.6) is 0 Å². The summed E-state index contributed by atoms with van der Waals surface area (Å²) in [4.78, 5) is 39.2. The van der Waals surface area contributed by atoms with Crippen LogP contribution >= 0.6 is 11.6 Å². The molecule has 6 nitrogen and oxygen atoms in total. The average molecular weight is 354 g/mol. The molecule has 24 heavy (non-hydrogen) atoms. The van der Waals surface area contributed by atoms with Gasteiger partial charge in [-0.25, -0.2) is 4.39 Å². The van der Waals surface area contributed by atoms with Crippen molar-refractivity contribution < 1.29 is 18.8 Å². The molecule has 8 heteroatoms. The number of nitrogens with zero attached hydrogens (tertiary/aromatic N) is 2. The average Bonchev–Trinajstić information content (AvgIpc) is 3.02. The minimum Gasteiger partial charge on any atom is -0.344 e. The molecule has 0 spiro atoms. The number of hydrogen-bond donors (Lipinski definition) is 1. The summed E-state index contributed by atoms with van der Waals surface area (Å²) >= 11 is 5.71. The molecule has 1 unspecified atom stereocenters. The monoisotopic (exact) mass is 353 g/mol. The first-order valence-electron chi connectivity index (χ1n) is 7.78. The lowest BCUT2D eigenvalue weighted by Gasteiger charge is -2.36. The summed E-state index contributed by atoms with van der Waals surface area (Å²) in [5, 5.41) is 2.57. The maximum absolute atomic E-state index is 13.2. The van der Waals surface area contributed by atoms with Crippen molar-refractivity contribution in [1.29, 1.82) is 0 Å². The van der Waals surface area contributed by atoms with E-state index in [4.69, 9.17) is 11.6 Å². The molecule has 0 aliphatic carbocycles. The van der Waals surface area contributed by atoms with Crippen molar-refractivity contribution in [3.63, 3.8) is 0 Å². The molecule has 1 aromatic carbocycles. The Morgan fingerprint density at radius 1 is 1.17 bits per heavy atom. The van der Waals surface area contributed by atoms with Gasteiger partial charge >= 0.3 is 0 Å². The fourth-order valence-corrected chi connectivity index (χ4v) is 3.14. The summed E-state index contributed by atoms with van der Waals surface area (Å²) in [6, 6.07) is 3.42. The van der Waals surface area contributed by atoms with Crippen molar-refractivity contribution >= 4 is 29.3 Å². The second-order valence-electron chi connectivity index (χ2n) is 5.91. The number of halogens is 2. The van der Waals surface area contributed by atoms with Crippen LogP contribution in [-0.4, -0.2) is 59.7 Å². The quantitative estimate of drug-likeness (QED) is 0.863. The highest BCUT2D eigenvalue weighted by Crippen LogP contribution is 2.18. The van der Waals surface area contributed by atoms with Gasteiger partial charge in [0.15, 0.2) is 0 Å². The molecule has 1 atom stereocenters. The van der Waals surface area contributed by atoms with Gasteiger partial charge in [-0.1, -0.05) is 11.6 Å². The maximum Gasteiger partial charge on any atom is 0.254 e. The highest BCUT2D eigenvalue weighted by molar-refractivity contribution is 6.31. The van der Waals surface area contributed by atoms with E-state index < -0.39 is 11.9 Å². The Morgan fingerprint density at radius 3 is 2.42 bits per heavy atom. The second-order valence-corrected chi connectivity index (χ2v) is 6.31. The molecule has 2 fully saturated rings. The number of carbonyl (C=O) groups excluding carboxylic acids is 3. The minimum absolute atomic E-state index is 0.0911. The van der Waals surface area contributed by atoms with Gasteiger partial charge < -0.3 is 15.1 Å². The predicted molar refractivity (Wildman–Crippen MR) is 85.1 cm³/mol. The van der Waals surface area contributed by atoms with Crippen LogP contribution in [0.1, 0.15) is 23.2 Å². The largest absolute Gasteiger partial charge is 0.344 e. The van der Waals surface area contributed by atoms with E-state index in [0.29, 0.717) is 44.6 Å². The number of piperazine rings is 1. The summed E-state index contributed by atoms with van der Waals surface area (Å²) in [5.74, 6) is -1.01. The smallest absolute Gasteiger partial charge is 0.254 e. The highest BCUT2D eigenvalue weighted by atomic mass is 35.5. The zero-order valence-corrected chi connectivity index (χ0v) is 13.7. The van der Waals surface area contributed by atoms with Crippen LogP contribution in [0, 0.1) is 5.82 Å². The van der Waals surface area contributed by atoms with Gasteiger partial charge in [0, 0.05) is 38.2 Å². The van der Waals surface area contributed by atoms with Crippen LogP contribution in [0.4, 0.5) is 4.39 Å². The lowest BCUT2D eigenvalue weighted by molar-refractivity contribution is -0.135. The molecule has 1 aromatic rings. The normalized spacial score (nSPS) is 20.9. The van der Waals surface area contributed by atoms with Crippen molar-refractivity contribution in [2.24, 2.45) is 0 Å². The summed E-state index contributed by atoms with van der Waals surface area (Å²) in [5.41, 5.74) is 0.323. The molecule has 128 valence electrons. The molecule has 1 N–H and O–H groups in total. The molecule has 0 radical (unpaired) electrons. The van der Waals surface area contributed by atoms with Crippen LogP contribution in [0.25, 0.3) is 0 Å². The molecule has 3 amide bonds. The number of amides is 3. The van der Waals surface area contributed by atoms with Gasteiger partial charge in [-0.15, -0.1) is 0 Å². The Morgan fingerprint density at radius 2 is 1.83 bits per heavy atom. The van der Waals surface area contributed by atoms with E-state index in [0.717, 1.165) is 6.07 Å². The van der Waals surface area contributed by atoms with E-state index in [-0.39, 0.29) is 22.7 Å². The van der Waals surface area contributed by atoms with Gasteiger partial charge in [-0.3, -0.25) is 14.4 Å². The van der Waals surface area contributed by atoms with Crippen molar-refractivity contribution in [2.75, 3.05) is 26.2 Å². The third kappa shape index (κ3) is 3.36. The van der Waals surface area contributed by atoms with Crippen molar-refractivity contribution in [3.05, 3.63) is 34.6 Å². The zero-order valence-electron chi connectivity index (χ0n) is 12.9. The Hall–Kier alpha value is -2.15. The van der Waals surface area contributed by atoms with Crippen LogP contribution in [0.3, 0.4) is 0 Å². The van der Waals surface area contributed by atoms with Crippen molar-refractivity contribution in [2.45, 2.75) is 18.9 Å². The number of nitrogens with one attached hydrogen (secondary N) is 1. The number of rotatable bonds is 2. The van der Waals surface area contributed by atoms with Crippen molar-refractivity contribution in [1.82, 2.24) is 15.1 Å². The molecule has 2 heterocycles. The standard InChI is InChI=1S/C16H17ClFN3O3/c17-11-9-10(1-2-12(11)18)15(23)20-5-7-21(8-6-20)16(24)13-3-4-14(22)19-13/h1-2,9,13H,3-8H2,(H,19,22). The van der Waals surface area contributed by atoms with E-state index in [1.165, 1.54) is 12.1 Å². The fraction of sp³-hybridized carbons (Fsp3) is 0.438. The lowest BCUT2D eigenvalue weighted by Crippen LogP contribution is -2.54. The van der Waals surface area contributed by atoms with Gasteiger partial charge in [-0.2, -0.15) is 0 Å². The van der Waals surface area contributed by atoms with E-state index >= 15 is 0 Å². The number of benzene rings is 1. The van der Waals surface area contributed by atoms with Gasteiger partial charge in [0.05, 0.1) is 5.02 Å². The highest BCUT2D eigenvalue weighted by Gasteiger charge is 2.33. The zero-order chi connectivity index (χ0) is 17.3. The molecule has 0 saturated carbocycles. The van der Waals surface area contributed by atoms with Crippen LogP contribution < -0.4 is 5.32 Å².